The molecule has 1 heterocycles. The highest BCUT2D eigenvalue weighted by Gasteiger charge is 2.29. The number of nitrogens with zero attached hydrogens (tertiary/aromatic N) is 2. The lowest BCUT2D eigenvalue weighted by Crippen LogP contribution is -2.18. The summed E-state index contributed by atoms with van der Waals surface area (Å²) in [7, 11) is 0. The van der Waals surface area contributed by atoms with E-state index in [2.05, 4.69) is 5.10 Å². The molecule has 5 rings (SSSR count). The van der Waals surface area contributed by atoms with Crippen molar-refractivity contribution in [1.29, 1.82) is 0 Å². The molecule has 5 nitrogen and oxygen atoms in total. The highest BCUT2D eigenvalue weighted by atomic mass is 16.6. The van der Waals surface area contributed by atoms with Gasteiger partial charge in [0.25, 0.3) is 0 Å². The summed E-state index contributed by atoms with van der Waals surface area (Å²) in [5.41, 5.74) is 3.05. The fourth-order valence-corrected chi connectivity index (χ4v) is 3.35. The van der Waals surface area contributed by atoms with Crippen molar-refractivity contribution in [1.82, 2.24) is 9.78 Å². The molecule has 0 atom stereocenters. The van der Waals surface area contributed by atoms with Crippen molar-refractivity contribution < 1.29 is 14.3 Å². The van der Waals surface area contributed by atoms with Gasteiger partial charge in [0.15, 0.2) is 5.78 Å². The van der Waals surface area contributed by atoms with Gasteiger partial charge in [0, 0.05) is 22.1 Å². The molecule has 0 bridgehead atoms. The van der Waals surface area contributed by atoms with Gasteiger partial charge < -0.3 is 4.74 Å². The van der Waals surface area contributed by atoms with Gasteiger partial charge in [0.1, 0.15) is 11.4 Å². The first-order chi connectivity index (χ1) is 12.7. The van der Waals surface area contributed by atoms with Crippen molar-refractivity contribution in [2.45, 2.75) is 0 Å². The Kier molecular flexibility index (Phi) is 3.03. The Morgan fingerprint density at radius 2 is 1.50 bits per heavy atom. The molecule has 0 amide bonds. The zero-order valence-electron chi connectivity index (χ0n) is 13.5. The van der Waals surface area contributed by atoms with Crippen LogP contribution in [0.1, 0.15) is 15.9 Å². The summed E-state index contributed by atoms with van der Waals surface area (Å²) in [6.45, 7) is 0. The van der Waals surface area contributed by atoms with E-state index in [0.717, 1.165) is 5.56 Å². The number of benzene rings is 3. The van der Waals surface area contributed by atoms with E-state index in [4.69, 9.17) is 4.74 Å². The summed E-state index contributed by atoms with van der Waals surface area (Å²) in [6, 6.07) is 21.4. The number of hydrogen-bond donors (Lipinski definition) is 0. The number of rotatable bonds is 1. The Labute approximate surface area is 148 Å². The maximum absolute atomic E-state index is 12.8. The highest BCUT2D eigenvalue weighted by Crippen LogP contribution is 2.38. The van der Waals surface area contributed by atoms with Crippen molar-refractivity contribution in [3.05, 3.63) is 83.9 Å². The van der Waals surface area contributed by atoms with Crippen LogP contribution >= 0.6 is 0 Å². The SMILES string of the molecule is O=C1c2ccccc2-c2nn(C(=O)Oc3ccccc3)c3cccc1c23. The molecule has 1 aromatic heterocycles. The van der Waals surface area contributed by atoms with Crippen LogP contribution in [0, 0.1) is 0 Å². The second kappa shape index (κ2) is 5.39. The van der Waals surface area contributed by atoms with E-state index < -0.39 is 6.09 Å². The third-order valence-corrected chi connectivity index (χ3v) is 4.50. The molecule has 1 aliphatic rings. The monoisotopic (exact) mass is 340 g/mol. The molecule has 0 radical (unpaired) electrons. The molecule has 0 fully saturated rings. The summed E-state index contributed by atoms with van der Waals surface area (Å²) in [4.78, 5) is 25.5. The summed E-state index contributed by atoms with van der Waals surface area (Å²) in [5.74, 6) is 0.375. The average molecular weight is 340 g/mol. The lowest BCUT2D eigenvalue weighted by molar-refractivity contribution is 0.104. The number of carbonyl (C=O) groups excluding carboxylic acids is 2. The van der Waals surface area contributed by atoms with Gasteiger partial charge in [-0.1, -0.05) is 54.6 Å². The van der Waals surface area contributed by atoms with E-state index >= 15 is 0 Å². The molecule has 3 aromatic carbocycles. The molecule has 1 aliphatic carbocycles. The Morgan fingerprint density at radius 1 is 0.808 bits per heavy atom. The van der Waals surface area contributed by atoms with E-state index in [1.807, 2.05) is 24.3 Å². The molecular formula is C21H12N2O3. The second-order valence-electron chi connectivity index (χ2n) is 6.02. The maximum Gasteiger partial charge on any atom is 0.440 e. The zero-order valence-corrected chi connectivity index (χ0v) is 13.5. The molecule has 124 valence electrons. The van der Waals surface area contributed by atoms with Crippen molar-refractivity contribution in [3.63, 3.8) is 0 Å². The molecule has 5 heteroatoms. The molecule has 0 saturated heterocycles. The van der Waals surface area contributed by atoms with Crippen LogP contribution in [0.25, 0.3) is 22.2 Å². The number of carbonyl (C=O) groups is 2. The summed E-state index contributed by atoms with van der Waals surface area (Å²) in [5, 5.41) is 5.16. The molecule has 0 aliphatic heterocycles. The van der Waals surface area contributed by atoms with E-state index in [9.17, 15) is 9.59 Å². The number of aromatic nitrogens is 2. The quantitative estimate of drug-likeness (QED) is 0.456. The largest absolute Gasteiger partial charge is 0.440 e. The van der Waals surface area contributed by atoms with Crippen LogP contribution in [0.2, 0.25) is 0 Å². The number of para-hydroxylation sites is 1. The minimum atomic E-state index is -0.614. The summed E-state index contributed by atoms with van der Waals surface area (Å²) >= 11 is 0. The van der Waals surface area contributed by atoms with E-state index in [1.165, 1.54) is 4.68 Å². The van der Waals surface area contributed by atoms with Gasteiger partial charge >= 0.3 is 6.09 Å². The number of ketones is 1. The second-order valence-corrected chi connectivity index (χ2v) is 6.02. The van der Waals surface area contributed by atoms with Crippen LogP contribution in [0.3, 0.4) is 0 Å². The number of hydrogen-bond acceptors (Lipinski definition) is 4. The van der Waals surface area contributed by atoms with Crippen molar-refractivity contribution >= 4 is 22.8 Å². The van der Waals surface area contributed by atoms with Gasteiger partial charge in [0.05, 0.1) is 5.52 Å². The molecular weight excluding hydrogens is 328 g/mol. The Morgan fingerprint density at radius 3 is 2.31 bits per heavy atom. The van der Waals surface area contributed by atoms with E-state index in [0.29, 0.717) is 33.5 Å². The highest BCUT2D eigenvalue weighted by molar-refractivity contribution is 6.25. The maximum atomic E-state index is 12.8. The standard InChI is InChI=1S/C21H12N2O3/c24-20-15-10-5-4-9-14(15)19-18-16(20)11-6-12-17(18)23(22-19)21(25)26-13-7-2-1-3-8-13/h1-12H. The summed E-state index contributed by atoms with van der Waals surface area (Å²) < 4.78 is 6.64. The Balaban J connectivity index is 1.72. The lowest BCUT2D eigenvalue weighted by atomic mass is 9.87. The van der Waals surface area contributed by atoms with Crippen LogP contribution in [-0.4, -0.2) is 21.7 Å². The third-order valence-electron chi connectivity index (χ3n) is 4.50. The van der Waals surface area contributed by atoms with E-state index in [-0.39, 0.29) is 5.78 Å². The zero-order chi connectivity index (χ0) is 17.7. The number of fused-ring (bicyclic) bond motifs is 2. The minimum absolute atomic E-state index is 0.0605. The molecule has 0 N–H and O–H groups in total. The minimum Gasteiger partial charge on any atom is -0.409 e. The first kappa shape index (κ1) is 14.6. The molecule has 0 spiro atoms. The van der Waals surface area contributed by atoms with Gasteiger partial charge in [0.2, 0.25) is 0 Å². The van der Waals surface area contributed by atoms with E-state index in [1.54, 1.807) is 48.5 Å². The predicted octanol–water partition coefficient (Wildman–Crippen LogP) is 4.29. The molecule has 26 heavy (non-hydrogen) atoms. The predicted molar refractivity (Wildman–Crippen MR) is 96.5 cm³/mol. The first-order valence-corrected chi connectivity index (χ1v) is 8.17. The molecule has 4 aromatic rings. The van der Waals surface area contributed by atoms with Crippen molar-refractivity contribution in [2.24, 2.45) is 0 Å². The van der Waals surface area contributed by atoms with Gasteiger partial charge in [-0.3, -0.25) is 4.79 Å². The van der Waals surface area contributed by atoms with Crippen molar-refractivity contribution in [2.75, 3.05) is 0 Å². The molecule has 0 saturated carbocycles. The first-order valence-electron chi connectivity index (χ1n) is 8.17. The van der Waals surface area contributed by atoms with Crippen LogP contribution in [0.4, 0.5) is 4.79 Å². The van der Waals surface area contributed by atoms with Gasteiger partial charge in [-0.25, -0.2) is 4.79 Å². The third kappa shape index (κ3) is 2.01. The van der Waals surface area contributed by atoms with Crippen LogP contribution < -0.4 is 4.74 Å². The van der Waals surface area contributed by atoms with Gasteiger partial charge in [-0.15, -0.1) is 0 Å². The van der Waals surface area contributed by atoms with Gasteiger partial charge in [-0.2, -0.15) is 9.78 Å². The topological polar surface area (TPSA) is 61.2 Å². The van der Waals surface area contributed by atoms with Crippen LogP contribution in [0.15, 0.2) is 72.8 Å². The Hall–Kier alpha value is -3.73. The van der Waals surface area contributed by atoms with Gasteiger partial charge in [-0.05, 0) is 18.2 Å². The fourth-order valence-electron chi connectivity index (χ4n) is 3.35. The normalized spacial score (nSPS) is 12.1. The lowest BCUT2D eigenvalue weighted by Gasteiger charge is -2.13. The fraction of sp³-hybridized carbons (Fsp3) is 0. The average Bonchev–Trinajstić information content (AvgIpc) is 3.08. The summed E-state index contributed by atoms with van der Waals surface area (Å²) in [6.07, 6.45) is -0.614. The Bertz CT molecular complexity index is 1190. The number of ether oxygens (including phenoxy) is 1. The van der Waals surface area contributed by atoms with Crippen LogP contribution in [0.5, 0.6) is 5.75 Å². The molecule has 0 unspecified atom stereocenters. The van der Waals surface area contributed by atoms with Crippen LogP contribution in [-0.2, 0) is 0 Å². The smallest absolute Gasteiger partial charge is 0.409 e. The van der Waals surface area contributed by atoms with Crippen molar-refractivity contribution in [3.8, 4) is 17.0 Å².